The Bertz CT molecular complexity index is 713. The first-order chi connectivity index (χ1) is 12.4. The van der Waals surface area contributed by atoms with E-state index in [-0.39, 0.29) is 18.5 Å². The summed E-state index contributed by atoms with van der Waals surface area (Å²) in [6.07, 6.45) is 8.26. The molecule has 1 saturated carbocycles. The third-order valence-corrected chi connectivity index (χ3v) is 6.30. The summed E-state index contributed by atoms with van der Waals surface area (Å²) in [6.45, 7) is 0.169. The van der Waals surface area contributed by atoms with E-state index in [4.69, 9.17) is 10.5 Å². The molecule has 0 bridgehead atoms. The summed E-state index contributed by atoms with van der Waals surface area (Å²) < 4.78 is 17.4. The molecule has 0 saturated heterocycles. The van der Waals surface area contributed by atoms with Crippen LogP contribution in [0.3, 0.4) is 0 Å². The van der Waals surface area contributed by atoms with Crippen LogP contribution in [0.1, 0.15) is 38.5 Å². The number of aliphatic imine (C=N–C) groups is 1. The number of guanidine groups is 1. The maximum atomic E-state index is 12.9. The third-order valence-electron chi connectivity index (χ3n) is 5.36. The Hall–Kier alpha value is -1.89. The molecule has 6 nitrogen and oxygen atoms in total. The lowest BCUT2D eigenvalue weighted by molar-refractivity contribution is -0.132. The molecule has 1 aliphatic carbocycles. The van der Waals surface area contributed by atoms with Crippen LogP contribution in [0.2, 0.25) is 0 Å². The Morgan fingerprint density at radius 1 is 1.27 bits per heavy atom. The number of nitrogens with two attached hydrogens (primary N) is 1. The molecule has 2 N–H and O–H groups in total. The van der Waals surface area contributed by atoms with E-state index in [1.54, 1.807) is 37.6 Å². The number of hydrogen-bond donors (Lipinski definition) is 1. The largest absolute Gasteiger partial charge is 0.490 e. The predicted octanol–water partition coefficient (Wildman–Crippen LogP) is 2.30. The van der Waals surface area contributed by atoms with Gasteiger partial charge in [0, 0.05) is 29.0 Å². The normalized spacial score (nSPS) is 25.2. The zero-order chi connectivity index (χ0) is 18.7. The molecule has 2 unspecified atom stereocenters. The Morgan fingerprint density at radius 3 is 2.46 bits per heavy atom. The number of carbonyl (C=O) groups is 1. The summed E-state index contributed by atoms with van der Waals surface area (Å²) in [5.41, 5.74) is 5.00. The molecule has 2 atom stereocenters. The van der Waals surface area contributed by atoms with Gasteiger partial charge in [0.2, 0.25) is 0 Å². The van der Waals surface area contributed by atoms with E-state index in [2.05, 4.69) is 4.99 Å². The van der Waals surface area contributed by atoms with Crippen molar-refractivity contribution >= 4 is 22.7 Å². The topological polar surface area (TPSA) is 85.0 Å². The summed E-state index contributed by atoms with van der Waals surface area (Å²) >= 11 is 0. The van der Waals surface area contributed by atoms with E-state index >= 15 is 0 Å². The van der Waals surface area contributed by atoms with Crippen LogP contribution in [0.15, 0.2) is 34.2 Å². The van der Waals surface area contributed by atoms with Crippen molar-refractivity contribution in [2.24, 2.45) is 16.6 Å². The Labute approximate surface area is 157 Å². The molecular formula is C19H27N3O3S. The Kier molecular flexibility index (Phi) is 5.65. The van der Waals surface area contributed by atoms with Crippen LogP contribution in [-0.2, 0) is 15.6 Å². The van der Waals surface area contributed by atoms with Gasteiger partial charge in [-0.25, -0.2) is 4.99 Å². The van der Waals surface area contributed by atoms with E-state index in [1.807, 2.05) is 0 Å². The minimum Gasteiger partial charge on any atom is -0.490 e. The van der Waals surface area contributed by atoms with Crippen LogP contribution < -0.4 is 10.5 Å². The number of hydrogen-bond acceptors (Lipinski definition) is 5. The predicted molar refractivity (Wildman–Crippen MR) is 103 cm³/mol. The first-order valence-corrected chi connectivity index (χ1v) is 10.7. The molecule has 0 spiro atoms. The number of ether oxygens (including phenoxy) is 1. The molecule has 1 aromatic rings. The van der Waals surface area contributed by atoms with Crippen LogP contribution >= 0.6 is 0 Å². The highest BCUT2D eigenvalue weighted by molar-refractivity contribution is 7.84. The summed E-state index contributed by atoms with van der Waals surface area (Å²) in [6, 6.07) is 7.11. The average molecular weight is 378 g/mol. The lowest BCUT2D eigenvalue weighted by atomic mass is 9.79. The van der Waals surface area contributed by atoms with Crippen molar-refractivity contribution in [1.82, 2.24) is 4.90 Å². The Balaban J connectivity index is 1.75. The van der Waals surface area contributed by atoms with Crippen molar-refractivity contribution in [2.75, 3.05) is 19.9 Å². The first kappa shape index (κ1) is 18.9. The molecule has 1 aromatic carbocycles. The van der Waals surface area contributed by atoms with E-state index in [0.717, 1.165) is 17.7 Å². The minimum absolute atomic E-state index is 0.0909. The number of rotatable bonds is 6. The SMILES string of the molecule is CN1C(=O)C(COc2ccc(S(C)=O)cc2)(CC2CCCCC2)N=C1N. The molecule has 0 aromatic heterocycles. The summed E-state index contributed by atoms with van der Waals surface area (Å²) in [5.74, 6) is 1.28. The fraction of sp³-hybridized carbons (Fsp3) is 0.579. The van der Waals surface area contributed by atoms with Gasteiger partial charge >= 0.3 is 0 Å². The second kappa shape index (κ2) is 7.78. The van der Waals surface area contributed by atoms with Crippen LogP contribution in [0.25, 0.3) is 0 Å². The molecule has 1 aliphatic heterocycles. The zero-order valence-electron chi connectivity index (χ0n) is 15.4. The van der Waals surface area contributed by atoms with Crippen LogP contribution in [0.5, 0.6) is 5.75 Å². The van der Waals surface area contributed by atoms with Gasteiger partial charge in [0.05, 0.1) is 0 Å². The molecule has 3 rings (SSSR count). The highest BCUT2D eigenvalue weighted by Crippen LogP contribution is 2.36. The summed E-state index contributed by atoms with van der Waals surface area (Å²) in [4.78, 5) is 19.6. The highest BCUT2D eigenvalue weighted by Gasteiger charge is 2.48. The van der Waals surface area contributed by atoms with Crippen LogP contribution in [0.4, 0.5) is 0 Å². The first-order valence-electron chi connectivity index (χ1n) is 9.11. The van der Waals surface area contributed by atoms with Gasteiger partial charge in [-0.15, -0.1) is 0 Å². The maximum absolute atomic E-state index is 12.9. The number of benzene rings is 1. The van der Waals surface area contributed by atoms with Crippen LogP contribution in [0, 0.1) is 5.92 Å². The number of amides is 1. The Morgan fingerprint density at radius 2 is 1.92 bits per heavy atom. The van der Waals surface area contributed by atoms with Crippen molar-refractivity contribution in [3.05, 3.63) is 24.3 Å². The van der Waals surface area contributed by atoms with E-state index in [0.29, 0.717) is 18.1 Å². The van der Waals surface area contributed by atoms with Gasteiger partial charge in [-0.2, -0.15) is 0 Å². The average Bonchev–Trinajstić information content (AvgIpc) is 2.85. The van der Waals surface area contributed by atoms with Crippen molar-refractivity contribution in [2.45, 2.75) is 49.0 Å². The third kappa shape index (κ3) is 3.92. The van der Waals surface area contributed by atoms with Gasteiger partial charge in [-0.3, -0.25) is 13.9 Å². The molecule has 1 heterocycles. The molecule has 142 valence electrons. The highest BCUT2D eigenvalue weighted by atomic mass is 32.2. The number of carbonyl (C=O) groups excluding carboxylic acids is 1. The fourth-order valence-corrected chi connectivity index (χ4v) is 4.36. The summed E-state index contributed by atoms with van der Waals surface area (Å²) in [7, 11) is 0.635. The van der Waals surface area contributed by atoms with E-state index < -0.39 is 16.3 Å². The van der Waals surface area contributed by atoms with E-state index in [1.165, 1.54) is 24.2 Å². The second-order valence-electron chi connectivity index (χ2n) is 7.29. The van der Waals surface area contributed by atoms with Gasteiger partial charge in [-0.05, 0) is 36.6 Å². The molecule has 1 amide bonds. The van der Waals surface area contributed by atoms with Gasteiger partial charge in [-0.1, -0.05) is 32.1 Å². The van der Waals surface area contributed by atoms with Crippen molar-refractivity contribution in [1.29, 1.82) is 0 Å². The van der Waals surface area contributed by atoms with Crippen molar-refractivity contribution < 1.29 is 13.7 Å². The van der Waals surface area contributed by atoms with Crippen LogP contribution in [-0.4, -0.2) is 46.4 Å². The lowest BCUT2D eigenvalue weighted by Gasteiger charge is -2.31. The standard InChI is InChI=1S/C19H27N3O3S/c1-22-17(23)19(21-18(22)20,12-14-6-4-3-5-7-14)13-25-15-8-10-16(11-9-15)26(2)24/h8-11,14H,3-7,12-13H2,1-2H3,(H2,20,21). The fourth-order valence-electron chi connectivity index (χ4n) is 3.84. The number of likely N-dealkylation sites (N-methyl/N-ethyl adjacent to an activating group) is 1. The summed E-state index contributed by atoms with van der Waals surface area (Å²) in [5, 5.41) is 0. The molecule has 2 aliphatic rings. The van der Waals surface area contributed by atoms with Gasteiger partial charge < -0.3 is 10.5 Å². The van der Waals surface area contributed by atoms with E-state index in [9.17, 15) is 9.00 Å². The minimum atomic E-state index is -1.03. The molecular weight excluding hydrogens is 350 g/mol. The zero-order valence-corrected chi connectivity index (χ0v) is 16.3. The monoisotopic (exact) mass is 377 g/mol. The maximum Gasteiger partial charge on any atom is 0.260 e. The lowest BCUT2D eigenvalue weighted by Crippen LogP contribution is -2.47. The molecule has 7 heteroatoms. The molecule has 0 radical (unpaired) electrons. The molecule has 26 heavy (non-hydrogen) atoms. The van der Waals surface area contributed by atoms with Crippen molar-refractivity contribution in [3.63, 3.8) is 0 Å². The van der Waals surface area contributed by atoms with Gasteiger partial charge in [0.1, 0.15) is 12.4 Å². The number of nitrogens with zero attached hydrogens (tertiary/aromatic N) is 2. The second-order valence-corrected chi connectivity index (χ2v) is 8.67. The van der Waals surface area contributed by atoms with Gasteiger partial charge in [0.25, 0.3) is 5.91 Å². The molecule has 1 fully saturated rings. The van der Waals surface area contributed by atoms with Gasteiger partial charge in [0.15, 0.2) is 11.5 Å². The smallest absolute Gasteiger partial charge is 0.260 e. The quantitative estimate of drug-likeness (QED) is 0.824. The van der Waals surface area contributed by atoms with Crippen molar-refractivity contribution in [3.8, 4) is 5.75 Å².